The van der Waals surface area contributed by atoms with E-state index in [2.05, 4.69) is 10.3 Å². The second-order valence-electron chi connectivity index (χ2n) is 7.64. The molecule has 1 aromatic heterocycles. The smallest absolute Gasteiger partial charge is 0.248 e. The van der Waals surface area contributed by atoms with Crippen LogP contribution in [0, 0.1) is 6.92 Å². The Morgan fingerprint density at radius 1 is 1.23 bits per heavy atom. The molecule has 1 atom stereocenters. The molecule has 2 heterocycles. The molecule has 6 nitrogen and oxygen atoms in total. The minimum Gasteiger partial charge on any atom is -0.496 e. The van der Waals surface area contributed by atoms with Gasteiger partial charge in [0, 0.05) is 17.5 Å². The number of carbonyl (C=O) groups is 2. The summed E-state index contributed by atoms with van der Waals surface area (Å²) in [6.07, 6.45) is 1.79. The number of methoxy groups -OCH3 is 1. The van der Waals surface area contributed by atoms with Crippen molar-refractivity contribution in [2.75, 3.05) is 19.0 Å². The summed E-state index contributed by atoms with van der Waals surface area (Å²) in [6.45, 7) is 2.62. The highest BCUT2D eigenvalue weighted by atomic mass is 32.1. The van der Waals surface area contributed by atoms with Crippen molar-refractivity contribution in [3.05, 3.63) is 65.0 Å². The van der Waals surface area contributed by atoms with E-state index in [9.17, 15) is 9.59 Å². The molecule has 1 aliphatic heterocycles. The molecule has 0 aliphatic carbocycles. The summed E-state index contributed by atoms with van der Waals surface area (Å²) in [5, 5.41) is 5.33. The number of anilines is 1. The van der Waals surface area contributed by atoms with Crippen molar-refractivity contribution in [3.63, 3.8) is 0 Å². The lowest BCUT2D eigenvalue weighted by molar-refractivity contribution is -0.136. The van der Waals surface area contributed by atoms with Crippen LogP contribution in [-0.2, 0) is 16.0 Å². The molecule has 1 aliphatic rings. The monoisotopic (exact) mass is 435 g/mol. The SMILES string of the molecule is COc1ccc(C)cc1-c1csc(NC(=O)C2CCCN2C(=O)Cc2ccccc2)n1. The Morgan fingerprint density at radius 3 is 2.81 bits per heavy atom. The standard InChI is InChI=1S/C24H25N3O3S/c1-16-10-11-21(30-2)18(13-16)19-15-31-24(25-19)26-23(29)20-9-6-12-27(20)22(28)14-17-7-4-3-5-8-17/h3-5,7-8,10-11,13,15,20H,6,9,12,14H2,1-2H3,(H,25,26,29). The average Bonchev–Trinajstić information content (AvgIpc) is 3.44. The number of rotatable bonds is 6. The number of hydrogen-bond acceptors (Lipinski definition) is 5. The maximum atomic E-state index is 12.9. The first kappa shape index (κ1) is 21.1. The minimum absolute atomic E-state index is 0.0202. The van der Waals surface area contributed by atoms with E-state index < -0.39 is 6.04 Å². The highest BCUT2D eigenvalue weighted by Crippen LogP contribution is 2.33. The highest BCUT2D eigenvalue weighted by Gasteiger charge is 2.34. The van der Waals surface area contributed by atoms with Crippen molar-refractivity contribution in [2.45, 2.75) is 32.2 Å². The van der Waals surface area contributed by atoms with Crippen molar-refractivity contribution in [1.29, 1.82) is 0 Å². The predicted octanol–water partition coefficient (Wildman–Crippen LogP) is 4.30. The molecule has 0 spiro atoms. The molecule has 0 bridgehead atoms. The molecule has 1 fully saturated rings. The van der Waals surface area contributed by atoms with Gasteiger partial charge >= 0.3 is 0 Å². The van der Waals surface area contributed by atoms with Crippen LogP contribution >= 0.6 is 11.3 Å². The third-order valence-corrected chi connectivity index (χ3v) is 6.20. The summed E-state index contributed by atoms with van der Waals surface area (Å²) in [6, 6.07) is 15.1. The summed E-state index contributed by atoms with van der Waals surface area (Å²) in [5.74, 6) is 0.534. The molecule has 1 unspecified atom stereocenters. The fourth-order valence-corrected chi connectivity index (χ4v) is 4.59. The van der Waals surface area contributed by atoms with Gasteiger partial charge in [0.1, 0.15) is 11.8 Å². The van der Waals surface area contributed by atoms with Crippen molar-refractivity contribution in [3.8, 4) is 17.0 Å². The highest BCUT2D eigenvalue weighted by molar-refractivity contribution is 7.14. The Hall–Kier alpha value is -3.19. The van der Waals surface area contributed by atoms with E-state index in [-0.39, 0.29) is 11.8 Å². The number of nitrogens with one attached hydrogen (secondary N) is 1. The number of thiazole rings is 1. The molecule has 4 rings (SSSR count). The Balaban J connectivity index is 1.45. The number of benzene rings is 2. The van der Waals surface area contributed by atoms with Crippen LogP contribution in [0.25, 0.3) is 11.3 Å². The molecule has 1 N–H and O–H groups in total. The van der Waals surface area contributed by atoms with Crippen molar-refractivity contribution in [2.24, 2.45) is 0 Å². The molecule has 7 heteroatoms. The third-order valence-electron chi connectivity index (χ3n) is 5.44. The lowest BCUT2D eigenvalue weighted by Gasteiger charge is -2.23. The van der Waals surface area contributed by atoms with Crippen LogP contribution in [0.15, 0.2) is 53.9 Å². The zero-order valence-electron chi connectivity index (χ0n) is 17.6. The maximum Gasteiger partial charge on any atom is 0.248 e. The number of hydrogen-bond donors (Lipinski definition) is 1. The van der Waals surface area contributed by atoms with Crippen LogP contribution in [0.2, 0.25) is 0 Å². The first-order valence-electron chi connectivity index (χ1n) is 10.3. The Kier molecular flexibility index (Phi) is 6.32. The van der Waals surface area contributed by atoms with E-state index in [1.54, 1.807) is 12.0 Å². The molecule has 0 saturated carbocycles. The lowest BCUT2D eigenvalue weighted by atomic mass is 10.1. The summed E-state index contributed by atoms with van der Waals surface area (Å²) in [4.78, 5) is 32.0. The van der Waals surface area contributed by atoms with Crippen LogP contribution in [0.4, 0.5) is 5.13 Å². The Morgan fingerprint density at radius 2 is 2.03 bits per heavy atom. The van der Waals surface area contributed by atoms with Gasteiger partial charge in [-0.2, -0.15) is 0 Å². The van der Waals surface area contributed by atoms with E-state index in [0.717, 1.165) is 34.6 Å². The molecule has 2 aromatic carbocycles. The van der Waals surface area contributed by atoms with Gasteiger partial charge in [-0.1, -0.05) is 42.0 Å². The quantitative estimate of drug-likeness (QED) is 0.627. The fourth-order valence-electron chi connectivity index (χ4n) is 3.88. The number of ether oxygens (including phenoxy) is 1. The molecule has 1 saturated heterocycles. The molecular formula is C24H25N3O3S. The summed E-state index contributed by atoms with van der Waals surface area (Å²) < 4.78 is 5.45. The number of aryl methyl sites for hydroxylation is 1. The second kappa shape index (κ2) is 9.31. The van der Waals surface area contributed by atoms with Gasteiger partial charge < -0.3 is 15.0 Å². The van der Waals surface area contributed by atoms with Gasteiger partial charge in [0.2, 0.25) is 11.8 Å². The van der Waals surface area contributed by atoms with Crippen LogP contribution < -0.4 is 10.1 Å². The second-order valence-corrected chi connectivity index (χ2v) is 8.50. The fraction of sp³-hybridized carbons (Fsp3) is 0.292. The third kappa shape index (κ3) is 4.77. The molecule has 2 amide bonds. The largest absolute Gasteiger partial charge is 0.496 e. The van der Waals surface area contributed by atoms with Gasteiger partial charge in [-0.3, -0.25) is 9.59 Å². The van der Waals surface area contributed by atoms with E-state index in [1.165, 1.54) is 11.3 Å². The van der Waals surface area contributed by atoms with Crippen molar-refractivity contribution in [1.82, 2.24) is 9.88 Å². The van der Waals surface area contributed by atoms with Gasteiger partial charge in [0.05, 0.1) is 19.2 Å². The Bertz CT molecular complexity index is 1080. The van der Waals surface area contributed by atoms with Gasteiger partial charge in [0.25, 0.3) is 0 Å². The number of amides is 2. The van der Waals surface area contributed by atoms with E-state index in [4.69, 9.17) is 4.74 Å². The topological polar surface area (TPSA) is 71.5 Å². The minimum atomic E-state index is -0.461. The Labute approximate surface area is 185 Å². The maximum absolute atomic E-state index is 12.9. The van der Waals surface area contributed by atoms with E-state index >= 15 is 0 Å². The number of likely N-dealkylation sites (tertiary alicyclic amines) is 1. The average molecular weight is 436 g/mol. The molecule has 3 aromatic rings. The lowest BCUT2D eigenvalue weighted by Crippen LogP contribution is -2.43. The summed E-state index contributed by atoms with van der Waals surface area (Å²) >= 11 is 1.37. The number of carbonyl (C=O) groups excluding carboxylic acids is 2. The van der Waals surface area contributed by atoms with E-state index in [1.807, 2.05) is 60.8 Å². The molecule has 0 radical (unpaired) electrons. The van der Waals surface area contributed by atoms with Crippen LogP contribution in [0.3, 0.4) is 0 Å². The van der Waals surface area contributed by atoms with Crippen LogP contribution in [-0.4, -0.2) is 41.4 Å². The number of nitrogens with zero attached hydrogens (tertiary/aromatic N) is 2. The van der Waals surface area contributed by atoms with Crippen molar-refractivity contribution < 1.29 is 14.3 Å². The zero-order valence-corrected chi connectivity index (χ0v) is 18.4. The van der Waals surface area contributed by atoms with Gasteiger partial charge in [-0.15, -0.1) is 11.3 Å². The van der Waals surface area contributed by atoms with Gasteiger partial charge in [-0.05, 0) is 37.5 Å². The first-order valence-corrected chi connectivity index (χ1v) is 11.2. The first-order chi connectivity index (χ1) is 15.0. The van der Waals surface area contributed by atoms with Gasteiger partial charge in [0.15, 0.2) is 5.13 Å². The van der Waals surface area contributed by atoms with Crippen molar-refractivity contribution >= 4 is 28.3 Å². The van der Waals surface area contributed by atoms with Crippen LogP contribution in [0.5, 0.6) is 5.75 Å². The normalized spacial score (nSPS) is 15.7. The van der Waals surface area contributed by atoms with Gasteiger partial charge in [-0.25, -0.2) is 4.98 Å². The molecule has 31 heavy (non-hydrogen) atoms. The summed E-state index contributed by atoms with van der Waals surface area (Å²) in [7, 11) is 1.63. The zero-order chi connectivity index (χ0) is 21.8. The van der Waals surface area contributed by atoms with Crippen LogP contribution in [0.1, 0.15) is 24.0 Å². The molecule has 160 valence electrons. The van der Waals surface area contributed by atoms with E-state index in [0.29, 0.717) is 24.5 Å². The predicted molar refractivity (Wildman–Crippen MR) is 122 cm³/mol. The molecular weight excluding hydrogens is 410 g/mol. The number of aromatic nitrogens is 1. The summed E-state index contributed by atoms with van der Waals surface area (Å²) in [5.41, 5.74) is 3.70.